The molecule has 4 heteroatoms. The van der Waals surface area contributed by atoms with Crippen LogP contribution in [-0.2, 0) is 6.54 Å². The van der Waals surface area contributed by atoms with Gasteiger partial charge in [-0.3, -0.25) is 4.90 Å². The van der Waals surface area contributed by atoms with Crippen LogP contribution in [0.1, 0.15) is 19.4 Å². The van der Waals surface area contributed by atoms with Crippen molar-refractivity contribution in [3.05, 3.63) is 28.2 Å². The highest BCUT2D eigenvalue weighted by molar-refractivity contribution is 9.10. The zero-order valence-electron chi connectivity index (χ0n) is 11.9. The second kappa shape index (κ2) is 6.73. The normalized spacial score (nSPS) is 18.1. The van der Waals surface area contributed by atoms with Gasteiger partial charge in [0.25, 0.3) is 0 Å². The molecule has 0 saturated carbocycles. The molecule has 2 N–H and O–H groups in total. The minimum atomic E-state index is 0.762. The number of nitrogen functional groups attached to an aromatic ring is 1. The minimum Gasteiger partial charge on any atom is -0.399 e. The molecular formula is C15H24BrN3. The van der Waals surface area contributed by atoms with Gasteiger partial charge in [-0.1, -0.05) is 35.8 Å². The Balaban J connectivity index is 1.85. The van der Waals surface area contributed by atoms with Gasteiger partial charge in [-0.05, 0) is 23.6 Å². The molecule has 2 rings (SSSR count). The Morgan fingerprint density at radius 1 is 1.16 bits per heavy atom. The Kier molecular flexibility index (Phi) is 5.25. The first-order valence-corrected chi connectivity index (χ1v) is 7.82. The van der Waals surface area contributed by atoms with Crippen molar-refractivity contribution >= 4 is 21.6 Å². The van der Waals surface area contributed by atoms with Crippen molar-refractivity contribution in [3.8, 4) is 0 Å². The summed E-state index contributed by atoms with van der Waals surface area (Å²) in [7, 11) is 0. The van der Waals surface area contributed by atoms with E-state index in [0.717, 1.165) is 35.7 Å². The van der Waals surface area contributed by atoms with E-state index in [1.54, 1.807) is 0 Å². The Morgan fingerprint density at radius 3 is 2.37 bits per heavy atom. The van der Waals surface area contributed by atoms with Crippen LogP contribution < -0.4 is 5.73 Å². The Labute approximate surface area is 124 Å². The zero-order valence-corrected chi connectivity index (χ0v) is 13.5. The molecule has 106 valence electrons. The molecule has 1 fully saturated rings. The third kappa shape index (κ3) is 4.48. The maximum atomic E-state index is 5.77. The van der Waals surface area contributed by atoms with Crippen LogP contribution in [0.4, 0.5) is 5.69 Å². The number of benzene rings is 1. The van der Waals surface area contributed by atoms with Crippen molar-refractivity contribution in [2.45, 2.75) is 20.4 Å². The summed E-state index contributed by atoms with van der Waals surface area (Å²) in [5.41, 5.74) is 7.92. The molecule has 0 aromatic heterocycles. The van der Waals surface area contributed by atoms with Crippen molar-refractivity contribution in [2.24, 2.45) is 5.92 Å². The number of hydrogen-bond donors (Lipinski definition) is 1. The smallest absolute Gasteiger partial charge is 0.0325 e. The van der Waals surface area contributed by atoms with Gasteiger partial charge in [-0.15, -0.1) is 0 Å². The molecule has 1 aromatic carbocycles. The number of rotatable bonds is 4. The predicted molar refractivity (Wildman–Crippen MR) is 85.1 cm³/mol. The molecule has 0 bridgehead atoms. The second-order valence-corrected chi connectivity index (χ2v) is 6.68. The zero-order chi connectivity index (χ0) is 13.8. The molecule has 0 spiro atoms. The van der Waals surface area contributed by atoms with E-state index < -0.39 is 0 Å². The quantitative estimate of drug-likeness (QED) is 0.864. The lowest BCUT2D eigenvalue weighted by Crippen LogP contribution is -2.46. The van der Waals surface area contributed by atoms with Crippen LogP contribution in [0.3, 0.4) is 0 Å². The van der Waals surface area contributed by atoms with Gasteiger partial charge < -0.3 is 10.6 Å². The number of anilines is 1. The largest absolute Gasteiger partial charge is 0.399 e. The summed E-state index contributed by atoms with van der Waals surface area (Å²) in [6.07, 6.45) is 0. The van der Waals surface area contributed by atoms with Crippen molar-refractivity contribution < 1.29 is 0 Å². The van der Waals surface area contributed by atoms with Crippen LogP contribution in [-0.4, -0.2) is 42.5 Å². The molecule has 0 unspecified atom stereocenters. The first-order chi connectivity index (χ1) is 9.04. The Bertz CT molecular complexity index is 412. The summed E-state index contributed by atoms with van der Waals surface area (Å²) in [4.78, 5) is 5.09. The van der Waals surface area contributed by atoms with E-state index >= 15 is 0 Å². The van der Waals surface area contributed by atoms with E-state index in [0.29, 0.717) is 0 Å². The molecule has 0 atom stereocenters. The summed E-state index contributed by atoms with van der Waals surface area (Å²) in [5, 5.41) is 0. The topological polar surface area (TPSA) is 32.5 Å². The van der Waals surface area contributed by atoms with Crippen LogP contribution in [0.15, 0.2) is 22.7 Å². The second-order valence-electron chi connectivity index (χ2n) is 5.82. The number of nitrogens with two attached hydrogens (primary N) is 1. The number of hydrogen-bond acceptors (Lipinski definition) is 3. The lowest BCUT2D eigenvalue weighted by Gasteiger charge is -2.35. The van der Waals surface area contributed by atoms with Crippen LogP contribution in [0.2, 0.25) is 0 Å². The summed E-state index contributed by atoms with van der Waals surface area (Å²) in [6.45, 7) is 11.5. The van der Waals surface area contributed by atoms with Gasteiger partial charge in [0.2, 0.25) is 0 Å². The Morgan fingerprint density at radius 2 is 1.79 bits per heavy atom. The standard InChI is InChI=1S/C15H24BrN3/c1-12(2)10-18-5-7-19(8-6-18)11-13-3-4-14(17)9-15(13)16/h3-4,9,12H,5-8,10-11,17H2,1-2H3. The summed E-state index contributed by atoms with van der Waals surface area (Å²) < 4.78 is 1.12. The molecule has 0 radical (unpaired) electrons. The van der Waals surface area contributed by atoms with Gasteiger partial charge in [-0.25, -0.2) is 0 Å². The highest BCUT2D eigenvalue weighted by atomic mass is 79.9. The number of halogens is 1. The third-order valence-electron chi connectivity index (χ3n) is 3.56. The van der Waals surface area contributed by atoms with Crippen LogP contribution in [0, 0.1) is 5.92 Å². The summed E-state index contributed by atoms with van der Waals surface area (Å²) >= 11 is 3.60. The highest BCUT2D eigenvalue weighted by Crippen LogP contribution is 2.21. The van der Waals surface area contributed by atoms with E-state index in [1.807, 2.05) is 12.1 Å². The summed E-state index contributed by atoms with van der Waals surface area (Å²) in [5.74, 6) is 0.762. The fourth-order valence-corrected chi connectivity index (χ4v) is 3.10. The van der Waals surface area contributed by atoms with Crippen LogP contribution >= 0.6 is 15.9 Å². The molecule has 0 amide bonds. The van der Waals surface area contributed by atoms with Crippen molar-refractivity contribution in [1.29, 1.82) is 0 Å². The molecule has 19 heavy (non-hydrogen) atoms. The number of nitrogens with zero attached hydrogens (tertiary/aromatic N) is 2. The third-order valence-corrected chi connectivity index (χ3v) is 4.30. The molecule has 1 aliphatic heterocycles. The van der Waals surface area contributed by atoms with Crippen LogP contribution in [0.25, 0.3) is 0 Å². The lowest BCUT2D eigenvalue weighted by molar-refractivity contribution is 0.117. The monoisotopic (exact) mass is 325 g/mol. The average molecular weight is 326 g/mol. The molecule has 1 aromatic rings. The van der Waals surface area contributed by atoms with Gasteiger partial charge in [0.15, 0.2) is 0 Å². The van der Waals surface area contributed by atoms with Crippen molar-refractivity contribution in [2.75, 3.05) is 38.5 Å². The maximum absolute atomic E-state index is 5.77. The van der Waals surface area contributed by atoms with Crippen LogP contribution in [0.5, 0.6) is 0 Å². The van der Waals surface area contributed by atoms with Gasteiger partial charge in [0, 0.05) is 49.4 Å². The Hall–Kier alpha value is -0.580. The fraction of sp³-hybridized carbons (Fsp3) is 0.600. The highest BCUT2D eigenvalue weighted by Gasteiger charge is 2.18. The van der Waals surface area contributed by atoms with Crippen molar-refractivity contribution in [3.63, 3.8) is 0 Å². The SMILES string of the molecule is CC(C)CN1CCN(Cc2ccc(N)cc2Br)CC1. The van der Waals surface area contributed by atoms with E-state index in [2.05, 4.69) is 45.6 Å². The van der Waals surface area contributed by atoms with Gasteiger partial charge >= 0.3 is 0 Å². The minimum absolute atomic E-state index is 0.762. The van der Waals surface area contributed by atoms with Gasteiger partial charge in [-0.2, -0.15) is 0 Å². The molecule has 0 aliphatic carbocycles. The molecule has 3 nitrogen and oxygen atoms in total. The maximum Gasteiger partial charge on any atom is 0.0325 e. The predicted octanol–water partition coefficient (Wildman–Crippen LogP) is 2.80. The first kappa shape index (κ1) is 14.8. The summed E-state index contributed by atoms with van der Waals surface area (Å²) in [6, 6.07) is 6.10. The fourth-order valence-electron chi connectivity index (χ4n) is 2.58. The average Bonchev–Trinajstić information content (AvgIpc) is 2.34. The van der Waals surface area contributed by atoms with Crippen molar-refractivity contribution in [1.82, 2.24) is 9.80 Å². The van der Waals surface area contributed by atoms with E-state index in [-0.39, 0.29) is 0 Å². The molecule has 1 aliphatic rings. The molecular weight excluding hydrogens is 302 g/mol. The van der Waals surface area contributed by atoms with E-state index in [9.17, 15) is 0 Å². The van der Waals surface area contributed by atoms with Gasteiger partial charge in [0.05, 0.1) is 0 Å². The van der Waals surface area contributed by atoms with E-state index in [4.69, 9.17) is 5.73 Å². The lowest BCUT2D eigenvalue weighted by atomic mass is 10.1. The van der Waals surface area contributed by atoms with E-state index in [1.165, 1.54) is 25.2 Å². The first-order valence-electron chi connectivity index (χ1n) is 7.03. The van der Waals surface area contributed by atoms with Gasteiger partial charge in [0.1, 0.15) is 0 Å². The number of piperazine rings is 1. The molecule has 1 heterocycles. The molecule has 1 saturated heterocycles.